The lowest BCUT2D eigenvalue weighted by atomic mass is 10.2. The zero-order chi connectivity index (χ0) is 19.3. The molecule has 1 aliphatic heterocycles. The molecule has 3 heterocycles. The van der Waals surface area contributed by atoms with E-state index >= 15 is 0 Å². The number of aryl methyl sites for hydroxylation is 1. The van der Waals surface area contributed by atoms with Gasteiger partial charge < -0.3 is 9.67 Å². The molecule has 138 valence electrons. The second kappa shape index (κ2) is 6.23. The molecule has 2 aromatic heterocycles. The summed E-state index contributed by atoms with van der Waals surface area (Å²) in [6, 6.07) is 9.66. The smallest absolute Gasteiger partial charge is 0.244 e. The van der Waals surface area contributed by atoms with Crippen LogP contribution in [0.1, 0.15) is 17.0 Å². The molecule has 0 amide bonds. The summed E-state index contributed by atoms with van der Waals surface area (Å²) in [4.78, 5) is 4.36. The van der Waals surface area contributed by atoms with Gasteiger partial charge in [-0.3, -0.25) is 4.98 Å². The number of hydrogen-bond acceptors (Lipinski definition) is 5. The first-order valence-electron chi connectivity index (χ1n) is 8.20. The molecule has 0 bridgehead atoms. The number of nitriles is 1. The van der Waals surface area contributed by atoms with E-state index in [1.807, 2.05) is 13.0 Å². The maximum absolute atomic E-state index is 13.2. The summed E-state index contributed by atoms with van der Waals surface area (Å²) in [5, 5.41) is 20.6. The van der Waals surface area contributed by atoms with E-state index in [1.165, 1.54) is 22.5 Å². The molecule has 0 fully saturated rings. The molecule has 27 heavy (non-hydrogen) atoms. The lowest BCUT2D eigenvalue weighted by Gasteiger charge is -2.28. The van der Waals surface area contributed by atoms with Crippen LogP contribution >= 0.6 is 11.6 Å². The standard InChI is InChI=1S/C18H15ClN4O3S/c1-11-2-5-14-17(21-11)15-10-22(6-7-23(15)18(14)24)27(25,26)16-8-13(19)4-3-12(16)9-20/h2-5,8,24H,6-7,10H2,1H3. The highest BCUT2D eigenvalue weighted by Crippen LogP contribution is 2.35. The summed E-state index contributed by atoms with van der Waals surface area (Å²) in [7, 11) is -3.94. The summed E-state index contributed by atoms with van der Waals surface area (Å²) in [6.45, 7) is 2.34. The molecule has 0 saturated carbocycles. The molecule has 1 N–H and O–H groups in total. The minimum absolute atomic E-state index is 0.0435. The first-order valence-corrected chi connectivity index (χ1v) is 10.0. The second-order valence-corrected chi connectivity index (χ2v) is 8.70. The second-order valence-electron chi connectivity index (χ2n) is 6.36. The maximum Gasteiger partial charge on any atom is 0.244 e. The minimum atomic E-state index is -3.94. The molecule has 0 unspecified atom stereocenters. The van der Waals surface area contributed by atoms with Gasteiger partial charge in [-0.05, 0) is 37.3 Å². The number of aromatic hydroxyl groups is 1. The van der Waals surface area contributed by atoms with Gasteiger partial charge in [-0.2, -0.15) is 9.57 Å². The van der Waals surface area contributed by atoms with Gasteiger partial charge in [0.25, 0.3) is 0 Å². The van der Waals surface area contributed by atoms with Crippen molar-refractivity contribution in [3.8, 4) is 11.9 Å². The van der Waals surface area contributed by atoms with E-state index in [-0.39, 0.29) is 41.0 Å². The predicted octanol–water partition coefficient (Wildman–Crippen LogP) is 2.78. The Kier molecular flexibility index (Phi) is 4.11. The molecular weight excluding hydrogens is 388 g/mol. The third kappa shape index (κ3) is 2.75. The number of benzene rings is 1. The van der Waals surface area contributed by atoms with Gasteiger partial charge >= 0.3 is 0 Å². The highest BCUT2D eigenvalue weighted by atomic mass is 35.5. The van der Waals surface area contributed by atoms with E-state index in [4.69, 9.17) is 11.6 Å². The van der Waals surface area contributed by atoms with Crippen molar-refractivity contribution >= 4 is 32.5 Å². The Morgan fingerprint density at radius 3 is 2.78 bits per heavy atom. The Balaban J connectivity index is 1.82. The van der Waals surface area contributed by atoms with Crippen molar-refractivity contribution in [1.82, 2.24) is 13.9 Å². The fourth-order valence-corrected chi connectivity index (χ4v) is 5.16. The molecule has 1 aromatic carbocycles. The molecule has 0 atom stereocenters. The monoisotopic (exact) mass is 402 g/mol. The first kappa shape index (κ1) is 17.8. The number of rotatable bonds is 2. The fourth-order valence-electron chi connectivity index (χ4n) is 3.36. The molecular formula is C18H15ClN4O3S. The highest BCUT2D eigenvalue weighted by molar-refractivity contribution is 7.89. The summed E-state index contributed by atoms with van der Waals surface area (Å²) in [5.41, 5.74) is 2.03. The van der Waals surface area contributed by atoms with E-state index in [1.54, 1.807) is 16.7 Å². The Labute approximate surface area is 161 Å². The van der Waals surface area contributed by atoms with Gasteiger partial charge in [0.2, 0.25) is 15.9 Å². The number of nitrogens with zero attached hydrogens (tertiary/aromatic N) is 4. The van der Waals surface area contributed by atoms with Crippen molar-refractivity contribution in [3.05, 3.63) is 52.3 Å². The van der Waals surface area contributed by atoms with Gasteiger partial charge in [0.15, 0.2) is 0 Å². The SMILES string of the molecule is Cc1ccc2c(O)n3c(c2n1)CN(S(=O)(=O)c1cc(Cl)ccc1C#N)CC3. The van der Waals surface area contributed by atoms with E-state index in [9.17, 15) is 18.8 Å². The van der Waals surface area contributed by atoms with Crippen LogP contribution in [0, 0.1) is 18.3 Å². The van der Waals surface area contributed by atoms with Gasteiger partial charge in [0, 0.05) is 23.8 Å². The van der Waals surface area contributed by atoms with Crippen LogP contribution in [0.15, 0.2) is 35.2 Å². The molecule has 0 saturated heterocycles. The first-order chi connectivity index (χ1) is 12.8. The van der Waals surface area contributed by atoms with E-state index in [0.717, 1.165) is 5.69 Å². The zero-order valence-electron chi connectivity index (χ0n) is 14.3. The molecule has 4 rings (SSSR count). The van der Waals surface area contributed by atoms with Crippen molar-refractivity contribution in [1.29, 1.82) is 5.26 Å². The van der Waals surface area contributed by atoms with Crippen LogP contribution in [0.3, 0.4) is 0 Å². The molecule has 3 aromatic rings. The fraction of sp³-hybridized carbons (Fsp3) is 0.222. The number of sulfonamides is 1. The Morgan fingerprint density at radius 1 is 1.26 bits per heavy atom. The summed E-state index contributed by atoms with van der Waals surface area (Å²) in [5.74, 6) is 0.0880. The van der Waals surface area contributed by atoms with Crippen LogP contribution in [-0.4, -0.2) is 33.9 Å². The average molecular weight is 403 g/mol. The van der Waals surface area contributed by atoms with E-state index in [2.05, 4.69) is 4.98 Å². The number of halogens is 1. The molecule has 7 nitrogen and oxygen atoms in total. The van der Waals surface area contributed by atoms with Gasteiger partial charge in [0.05, 0.1) is 28.7 Å². The van der Waals surface area contributed by atoms with E-state index in [0.29, 0.717) is 16.6 Å². The summed E-state index contributed by atoms with van der Waals surface area (Å²) in [6.07, 6.45) is 0. The Hall–Kier alpha value is -2.60. The molecule has 9 heteroatoms. The third-order valence-corrected chi connectivity index (χ3v) is 6.83. The van der Waals surface area contributed by atoms with Gasteiger partial charge in [-0.1, -0.05) is 11.6 Å². The number of pyridine rings is 1. The lowest BCUT2D eigenvalue weighted by molar-refractivity contribution is 0.318. The van der Waals surface area contributed by atoms with Gasteiger partial charge in [-0.15, -0.1) is 0 Å². The molecule has 1 aliphatic rings. The third-order valence-electron chi connectivity index (χ3n) is 4.71. The lowest BCUT2D eigenvalue weighted by Crippen LogP contribution is -2.38. The van der Waals surface area contributed by atoms with Crippen LogP contribution in [0.4, 0.5) is 0 Å². The average Bonchev–Trinajstić information content (AvgIpc) is 2.93. The maximum atomic E-state index is 13.2. The Bertz CT molecular complexity index is 1230. The predicted molar refractivity (Wildman–Crippen MR) is 99.9 cm³/mol. The summed E-state index contributed by atoms with van der Waals surface area (Å²) >= 11 is 5.96. The highest BCUT2D eigenvalue weighted by Gasteiger charge is 2.33. The number of aromatic nitrogens is 2. The quantitative estimate of drug-likeness (QED) is 0.710. The van der Waals surface area contributed by atoms with Crippen LogP contribution in [0.2, 0.25) is 5.02 Å². The van der Waals surface area contributed by atoms with Gasteiger partial charge in [-0.25, -0.2) is 8.42 Å². The van der Waals surface area contributed by atoms with Crippen molar-refractivity contribution in [2.45, 2.75) is 24.9 Å². The zero-order valence-corrected chi connectivity index (χ0v) is 15.9. The summed E-state index contributed by atoms with van der Waals surface area (Å²) < 4.78 is 29.3. The van der Waals surface area contributed by atoms with Crippen molar-refractivity contribution in [3.63, 3.8) is 0 Å². The normalized spacial score (nSPS) is 14.9. The largest absolute Gasteiger partial charge is 0.494 e. The van der Waals surface area contributed by atoms with Crippen molar-refractivity contribution in [2.75, 3.05) is 6.54 Å². The topological polar surface area (TPSA) is 99.2 Å². The van der Waals surface area contributed by atoms with Crippen LogP contribution in [0.25, 0.3) is 10.9 Å². The van der Waals surface area contributed by atoms with E-state index < -0.39 is 10.0 Å². The van der Waals surface area contributed by atoms with Crippen LogP contribution < -0.4 is 0 Å². The minimum Gasteiger partial charge on any atom is -0.494 e. The molecule has 0 spiro atoms. The van der Waals surface area contributed by atoms with Crippen LogP contribution in [0.5, 0.6) is 5.88 Å². The van der Waals surface area contributed by atoms with Gasteiger partial charge in [0.1, 0.15) is 11.0 Å². The molecule has 0 aliphatic carbocycles. The Morgan fingerprint density at radius 2 is 2.04 bits per heavy atom. The van der Waals surface area contributed by atoms with Crippen molar-refractivity contribution < 1.29 is 13.5 Å². The number of hydrogen-bond donors (Lipinski definition) is 1. The molecule has 0 radical (unpaired) electrons. The van der Waals surface area contributed by atoms with Crippen LogP contribution in [-0.2, 0) is 23.1 Å². The number of fused-ring (bicyclic) bond motifs is 3. The van der Waals surface area contributed by atoms with Crippen molar-refractivity contribution in [2.24, 2.45) is 0 Å².